The number of nitrogens with one attached hydrogen (secondary N) is 2. The SMILES string of the molecule is CNC(=O)c1[nH]c(C(=O)O)cc1OC(c1ccccc1)c1ccccc1. The van der Waals surface area contributed by atoms with Crippen molar-refractivity contribution in [2.45, 2.75) is 6.10 Å². The lowest BCUT2D eigenvalue weighted by molar-refractivity contribution is 0.0691. The van der Waals surface area contributed by atoms with E-state index in [-0.39, 0.29) is 17.1 Å². The average Bonchev–Trinajstić information content (AvgIpc) is 3.11. The number of aromatic nitrogens is 1. The summed E-state index contributed by atoms with van der Waals surface area (Å²) in [6, 6.07) is 20.4. The van der Waals surface area contributed by atoms with E-state index in [1.165, 1.54) is 13.1 Å². The molecule has 26 heavy (non-hydrogen) atoms. The van der Waals surface area contributed by atoms with Gasteiger partial charge in [0.25, 0.3) is 5.91 Å². The van der Waals surface area contributed by atoms with Gasteiger partial charge in [0.2, 0.25) is 0 Å². The fraction of sp³-hybridized carbons (Fsp3) is 0.100. The molecule has 0 atom stereocenters. The first-order valence-corrected chi connectivity index (χ1v) is 8.05. The molecule has 1 amide bonds. The molecule has 1 aromatic heterocycles. The monoisotopic (exact) mass is 350 g/mol. The maximum Gasteiger partial charge on any atom is 0.352 e. The number of H-pyrrole nitrogens is 1. The van der Waals surface area contributed by atoms with E-state index < -0.39 is 18.0 Å². The van der Waals surface area contributed by atoms with Gasteiger partial charge in [0.1, 0.15) is 17.5 Å². The van der Waals surface area contributed by atoms with Crippen LogP contribution in [0.3, 0.4) is 0 Å². The van der Waals surface area contributed by atoms with E-state index in [4.69, 9.17) is 4.74 Å². The highest BCUT2D eigenvalue weighted by Crippen LogP contribution is 2.31. The second-order valence-electron chi connectivity index (χ2n) is 5.63. The molecule has 3 rings (SSSR count). The molecule has 3 aromatic rings. The molecular weight excluding hydrogens is 332 g/mol. The van der Waals surface area contributed by atoms with Gasteiger partial charge in [0.15, 0.2) is 5.75 Å². The first kappa shape index (κ1) is 17.3. The summed E-state index contributed by atoms with van der Waals surface area (Å²) in [4.78, 5) is 26.0. The first-order valence-electron chi connectivity index (χ1n) is 8.05. The van der Waals surface area contributed by atoms with Crippen LogP contribution in [0.25, 0.3) is 0 Å². The molecule has 6 heteroatoms. The van der Waals surface area contributed by atoms with Gasteiger partial charge in [0, 0.05) is 13.1 Å². The van der Waals surface area contributed by atoms with Crippen molar-refractivity contribution in [1.29, 1.82) is 0 Å². The molecular formula is C20H18N2O4. The lowest BCUT2D eigenvalue weighted by Crippen LogP contribution is -2.20. The highest BCUT2D eigenvalue weighted by atomic mass is 16.5. The fourth-order valence-corrected chi connectivity index (χ4v) is 2.65. The van der Waals surface area contributed by atoms with Crippen molar-refractivity contribution in [3.8, 4) is 5.75 Å². The van der Waals surface area contributed by atoms with Gasteiger partial charge in [-0.3, -0.25) is 4.79 Å². The minimum atomic E-state index is -1.17. The molecule has 0 fully saturated rings. The maximum absolute atomic E-state index is 12.1. The largest absolute Gasteiger partial charge is 0.479 e. The summed E-state index contributed by atoms with van der Waals surface area (Å²) in [5.41, 5.74) is 1.74. The van der Waals surface area contributed by atoms with Crippen LogP contribution in [-0.2, 0) is 0 Å². The average molecular weight is 350 g/mol. The van der Waals surface area contributed by atoms with Crippen LogP contribution < -0.4 is 10.1 Å². The predicted molar refractivity (Wildman–Crippen MR) is 96.5 cm³/mol. The zero-order valence-corrected chi connectivity index (χ0v) is 14.1. The standard InChI is InChI=1S/C20H18N2O4/c1-21-19(23)17-16(12-15(22-17)20(24)25)26-18(13-8-4-2-5-9-13)14-10-6-3-7-11-14/h2-12,18,22H,1H3,(H,21,23)(H,24,25). The molecule has 3 N–H and O–H groups in total. The minimum absolute atomic E-state index is 0.0711. The summed E-state index contributed by atoms with van der Waals surface area (Å²) in [6.45, 7) is 0. The van der Waals surface area contributed by atoms with E-state index in [1.54, 1.807) is 0 Å². The van der Waals surface area contributed by atoms with Gasteiger partial charge in [-0.05, 0) is 11.1 Å². The quantitative estimate of drug-likeness (QED) is 0.636. The second-order valence-corrected chi connectivity index (χ2v) is 5.63. The normalized spacial score (nSPS) is 10.5. The molecule has 0 spiro atoms. The Kier molecular flexibility index (Phi) is 5.03. The molecule has 6 nitrogen and oxygen atoms in total. The Balaban J connectivity index is 2.05. The number of carboxylic acids is 1. The summed E-state index contributed by atoms with van der Waals surface area (Å²) >= 11 is 0. The molecule has 0 saturated carbocycles. The summed E-state index contributed by atoms with van der Waals surface area (Å²) in [7, 11) is 1.47. The van der Waals surface area contributed by atoms with Crippen LogP contribution in [0.15, 0.2) is 66.7 Å². The highest BCUT2D eigenvalue weighted by Gasteiger charge is 2.23. The van der Waals surface area contributed by atoms with Crippen LogP contribution >= 0.6 is 0 Å². The molecule has 2 aromatic carbocycles. The van der Waals surface area contributed by atoms with Crippen LogP contribution in [0, 0.1) is 0 Å². The number of amides is 1. The van der Waals surface area contributed by atoms with E-state index >= 15 is 0 Å². The summed E-state index contributed by atoms with van der Waals surface area (Å²) in [6.07, 6.45) is -0.488. The van der Waals surface area contributed by atoms with E-state index in [1.807, 2.05) is 60.7 Å². The van der Waals surface area contributed by atoms with Gasteiger partial charge >= 0.3 is 5.97 Å². The van der Waals surface area contributed by atoms with E-state index in [2.05, 4.69) is 10.3 Å². The Bertz CT molecular complexity index is 865. The van der Waals surface area contributed by atoms with Crippen LogP contribution in [0.5, 0.6) is 5.75 Å². The Morgan fingerprint density at radius 2 is 1.54 bits per heavy atom. The third-order valence-corrected chi connectivity index (χ3v) is 3.92. The summed E-state index contributed by atoms with van der Waals surface area (Å²) in [5, 5.41) is 11.7. The first-order chi connectivity index (χ1) is 12.6. The lowest BCUT2D eigenvalue weighted by Gasteiger charge is -2.20. The molecule has 0 saturated heterocycles. The smallest absolute Gasteiger partial charge is 0.352 e. The maximum atomic E-state index is 12.1. The van der Waals surface area contributed by atoms with Crippen molar-refractivity contribution in [3.05, 3.63) is 89.2 Å². The number of carbonyl (C=O) groups is 2. The van der Waals surface area contributed by atoms with Crippen LogP contribution in [0.2, 0.25) is 0 Å². The Hall–Kier alpha value is -3.54. The highest BCUT2D eigenvalue weighted by molar-refractivity contribution is 5.98. The molecule has 132 valence electrons. The topological polar surface area (TPSA) is 91.4 Å². The number of aromatic amines is 1. The van der Waals surface area contributed by atoms with E-state index in [0.717, 1.165) is 11.1 Å². The Labute approximate surface area is 150 Å². The number of aromatic carboxylic acids is 1. The molecule has 0 radical (unpaired) electrons. The van der Waals surface area contributed by atoms with Crippen LogP contribution in [0.4, 0.5) is 0 Å². The van der Waals surface area contributed by atoms with Gasteiger partial charge in [-0.15, -0.1) is 0 Å². The number of hydrogen-bond acceptors (Lipinski definition) is 3. The molecule has 0 bridgehead atoms. The Morgan fingerprint density at radius 3 is 2.00 bits per heavy atom. The molecule has 0 aliphatic heterocycles. The fourth-order valence-electron chi connectivity index (χ4n) is 2.65. The predicted octanol–water partition coefficient (Wildman–Crippen LogP) is 3.24. The lowest BCUT2D eigenvalue weighted by atomic mass is 10.0. The minimum Gasteiger partial charge on any atom is -0.479 e. The van der Waals surface area contributed by atoms with Crippen molar-refractivity contribution in [1.82, 2.24) is 10.3 Å². The molecule has 1 heterocycles. The Morgan fingerprint density at radius 1 is 1.00 bits per heavy atom. The molecule has 0 unspecified atom stereocenters. The zero-order valence-electron chi connectivity index (χ0n) is 14.1. The number of rotatable bonds is 6. The van der Waals surface area contributed by atoms with E-state index in [0.29, 0.717) is 0 Å². The summed E-state index contributed by atoms with van der Waals surface area (Å²) in [5.74, 6) is -1.44. The number of benzene rings is 2. The molecule has 0 aliphatic carbocycles. The van der Waals surface area contributed by atoms with E-state index in [9.17, 15) is 14.7 Å². The van der Waals surface area contributed by atoms with Gasteiger partial charge in [-0.2, -0.15) is 0 Å². The number of ether oxygens (including phenoxy) is 1. The van der Waals surface area contributed by atoms with Crippen LogP contribution in [-0.4, -0.2) is 29.0 Å². The molecule has 0 aliphatic rings. The van der Waals surface area contributed by atoms with Crippen molar-refractivity contribution in [2.24, 2.45) is 0 Å². The van der Waals surface area contributed by atoms with Gasteiger partial charge in [-0.1, -0.05) is 60.7 Å². The van der Waals surface area contributed by atoms with Crippen molar-refractivity contribution < 1.29 is 19.4 Å². The number of carbonyl (C=O) groups excluding carboxylic acids is 1. The third kappa shape index (κ3) is 3.59. The van der Waals surface area contributed by atoms with Crippen LogP contribution in [0.1, 0.15) is 38.2 Å². The van der Waals surface area contributed by atoms with Crippen molar-refractivity contribution in [2.75, 3.05) is 7.05 Å². The number of hydrogen-bond donors (Lipinski definition) is 3. The third-order valence-electron chi connectivity index (χ3n) is 3.92. The van der Waals surface area contributed by atoms with Gasteiger partial charge in [-0.25, -0.2) is 4.79 Å². The number of carboxylic acid groups (broad SMARTS) is 1. The zero-order chi connectivity index (χ0) is 18.5. The second kappa shape index (κ2) is 7.57. The van der Waals surface area contributed by atoms with Crippen molar-refractivity contribution in [3.63, 3.8) is 0 Å². The van der Waals surface area contributed by atoms with Gasteiger partial charge < -0.3 is 20.1 Å². The summed E-state index contributed by atoms with van der Waals surface area (Å²) < 4.78 is 6.12. The van der Waals surface area contributed by atoms with Crippen molar-refractivity contribution >= 4 is 11.9 Å². The van der Waals surface area contributed by atoms with Gasteiger partial charge in [0.05, 0.1) is 0 Å².